The molecule has 3 rings (SSSR count). The summed E-state index contributed by atoms with van der Waals surface area (Å²) in [5.74, 6) is -0.0858. The van der Waals surface area contributed by atoms with Gasteiger partial charge in [-0.05, 0) is 50.0 Å². The highest BCUT2D eigenvalue weighted by molar-refractivity contribution is 6.14. The van der Waals surface area contributed by atoms with E-state index >= 15 is 0 Å². The van der Waals surface area contributed by atoms with Crippen LogP contribution in [0.2, 0.25) is 0 Å². The summed E-state index contributed by atoms with van der Waals surface area (Å²) in [4.78, 5) is 14.3. The fraction of sp³-hybridized carbons (Fsp3) is 0.167. The first-order valence-electron chi connectivity index (χ1n) is 7.15. The zero-order valence-electron chi connectivity index (χ0n) is 12.8. The SMILES string of the molecule is CN(C)Cc1c(O)ccc2c1OC(=Cc1cccc(F)c1)C2=O. The molecular formula is C18H16FNO3. The normalized spacial score (nSPS) is 15.1. The molecule has 0 radical (unpaired) electrons. The quantitative estimate of drug-likeness (QED) is 0.884. The molecule has 2 aromatic rings. The van der Waals surface area contributed by atoms with Gasteiger partial charge in [-0.15, -0.1) is 0 Å². The molecule has 2 aromatic carbocycles. The Labute approximate surface area is 133 Å². The molecule has 118 valence electrons. The number of carbonyl (C=O) groups excluding carboxylic acids is 1. The Hall–Kier alpha value is -2.66. The summed E-state index contributed by atoms with van der Waals surface area (Å²) in [7, 11) is 3.72. The van der Waals surface area contributed by atoms with Crippen molar-refractivity contribution in [1.29, 1.82) is 0 Å². The van der Waals surface area contributed by atoms with Crippen LogP contribution in [0.15, 0.2) is 42.2 Å². The zero-order chi connectivity index (χ0) is 16.6. The molecule has 0 bridgehead atoms. The maximum absolute atomic E-state index is 13.3. The van der Waals surface area contributed by atoms with E-state index in [1.54, 1.807) is 18.2 Å². The van der Waals surface area contributed by atoms with Crippen molar-refractivity contribution in [2.75, 3.05) is 14.1 Å². The van der Waals surface area contributed by atoms with Crippen LogP contribution < -0.4 is 4.74 Å². The first-order valence-corrected chi connectivity index (χ1v) is 7.15. The molecule has 0 aromatic heterocycles. The van der Waals surface area contributed by atoms with Crippen LogP contribution in [0.3, 0.4) is 0 Å². The second kappa shape index (κ2) is 5.85. The molecule has 0 spiro atoms. The van der Waals surface area contributed by atoms with E-state index in [-0.39, 0.29) is 23.1 Å². The van der Waals surface area contributed by atoms with E-state index in [9.17, 15) is 14.3 Å². The number of phenolic OH excluding ortho intramolecular Hbond substituents is 1. The lowest BCUT2D eigenvalue weighted by Gasteiger charge is -2.13. The van der Waals surface area contributed by atoms with Gasteiger partial charge in [0.2, 0.25) is 5.78 Å². The molecule has 23 heavy (non-hydrogen) atoms. The van der Waals surface area contributed by atoms with Gasteiger partial charge in [-0.3, -0.25) is 4.79 Å². The molecule has 1 N–H and O–H groups in total. The average molecular weight is 313 g/mol. The van der Waals surface area contributed by atoms with Crippen LogP contribution in [0.5, 0.6) is 11.5 Å². The summed E-state index contributed by atoms with van der Waals surface area (Å²) in [6.45, 7) is 0.440. The number of fused-ring (bicyclic) bond motifs is 1. The summed E-state index contributed by atoms with van der Waals surface area (Å²) in [5.41, 5.74) is 1.50. The lowest BCUT2D eigenvalue weighted by molar-refractivity contribution is 0.101. The van der Waals surface area contributed by atoms with Gasteiger partial charge >= 0.3 is 0 Å². The van der Waals surface area contributed by atoms with Gasteiger partial charge in [0.05, 0.1) is 11.1 Å². The van der Waals surface area contributed by atoms with E-state index in [0.717, 1.165) is 0 Å². The van der Waals surface area contributed by atoms with Gasteiger partial charge < -0.3 is 14.7 Å². The minimum atomic E-state index is -0.381. The Morgan fingerprint density at radius 3 is 2.74 bits per heavy atom. The molecule has 0 amide bonds. The van der Waals surface area contributed by atoms with Crippen molar-refractivity contribution < 1.29 is 19.0 Å². The molecule has 1 aliphatic heterocycles. The third-order valence-corrected chi connectivity index (χ3v) is 3.54. The molecular weight excluding hydrogens is 297 g/mol. The van der Waals surface area contributed by atoms with E-state index in [4.69, 9.17) is 4.74 Å². The number of ketones is 1. The van der Waals surface area contributed by atoms with Gasteiger partial charge in [0.25, 0.3) is 0 Å². The molecule has 1 aliphatic rings. The predicted molar refractivity (Wildman–Crippen MR) is 84.8 cm³/mol. The van der Waals surface area contributed by atoms with Crippen LogP contribution >= 0.6 is 0 Å². The summed E-state index contributed by atoms with van der Waals surface area (Å²) < 4.78 is 18.9. The van der Waals surface area contributed by atoms with Crippen LogP contribution in [-0.2, 0) is 6.54 Å². The first-order chi connectivity index (χ1) is 11.0. The van der Waals surface area contributed by atoms with E-state index < -0.39 is 0 Å². The van der Waals surface area contributed by atoms with E-state index in [2.05, 4.69) is 0 Å². The minimum Gasteiger partial charge on any atom is -0.507 e. The summed E-state index contributed by atoms with van der Waals surface area (Å²) in [6, 6.07) is 8.94. The highest BCUT2D eigenvalue weighted by Gasteiger charge is 2.31. The molecule has 0 fully saturated rings. The number of phenols is 1. The number of nitrogens with zero attached hydrogens (tertiary/aromatic N) is 1. The molecule has 0 saturated heterocycles. The van der Waals surface area contributed by atoms with E-state index in [0.29, 0.717) is 29.0 Å². The monoisotopic (exact) mass is 313 g/mol. The van der Waals surface area contributed by atoms with Crippen molar-refractivity contribution in [1.82, 2.24) is 4.90 Å². The first kappa shape index (κ1) is 15.2. The van der Waals surface area contributed by atoms with Crippen molar-refractivity contribution in [3.63, 3.8) is 0 Å². The lowest BCUT2D eigenvalue weighted by Crippen LogP contribution is -2.11. The lowest BCUT2D eigenvalue weighted by atomic mass is 10.0. The van der Waals surface area contributed by atoms with Crippen LogP contribution in [0.1, 0.15) is 21.5 Å². The molecule has 0 atom stereocenters. The number of Topliss-reactive ketones (excluding diaryl/α,β-unsaturated/α-hetero) is 1. The number of halogens is 1. The van der Waals surface area contributed by atoms with E-state index in [1.807, 2.05) is 19.0 Å². The Bertz CT molecular complexity index is 812. The standard InChI is InChI=1S/C18H16FNO3/c1-20(2)10-14-15(21)7-6-13-17(22)16(23-18(13)14)9-11-4-3-5-12(19)8-11/h3-9,21H,10H2,1-2H3. The molecule has 1 heterocycles. The van der Waals surface area contributed by atoms with Crippen molar-refractivity contribution in [2.24, 2.45) is 0 Å². The largest absolute Gasteiger partial charge is 0.507 e. The van der Waals surface area contributed by atoms with Gasteiger partial charge in [-0.1, -0.05) is 12.1 Å². The average Bonchev–Trinajstić information content (AvgIpc) is 2.79. The maximum atomic E-state index is 13.3. The molecule has 5 heteroatoms. The second-order valence-electron chi connectivity index (χ2n) is 5.67. The van der Waals surface area contributed by atoms with Crippen molar-refractivity contribution in [3.8, 4) is 11.5 Å². The minimum absolute atomic E-state index is 0.0808. The molecule has 0 saturated carbocycles. The Balaban J connectivity index is 2.02. The van der Waals surface area contributed by atoms with Crippen molar-refractivity contribution in [2.45, 2.75) is 6.54 Å². The number of aromatic hydroxyl groups is 1. The highest BCUT2D eigenvalue weighted by Crippen LogP contribution is 2.39. The Morgan fingerprint density at radius 2 is 2.04 bits per heavy atom. The fourth-order valence-corrected chi connectivity index (χ4v) is 2.51. The van der Waals surface area contributed by atoms with Gasteiger partial charge in [0.1, 0.15) is 17.3 Å². The fourth-order valence-electron chi connectivity index (χ4n) is 2.51. The van der Waals surface area contributed by atoms with Crippen molar-refractivity contribution in [3.05, 3.63) is 64.7 Å². The van der Waals surface area contributed by atoms with Gasteiger partial charge in [0, 0.05) is 6.54 Å². The Kier molecular flexibility index (Phi) is 3.88. The second-order valence-corrected chi connectivity index (χ2v) is 5.67. The maximum Gasteiger partial charge on any atom is 0.231 e. The number of rotatable bonds is 3. The van der Waals surface area contributed by atoms with E-state index in [1.165, 1.54) is 24.3 Å². The van der Waals surface area contributed by atoms with Crippen LogP contribution in [0.4, 0.5) is 4.39 Å². The Morgan fingerprint density at radius 1 is 1.26 bits per heavy atom. The number of benzene rings is 2. The molecule has 0 unspecified atom stereocenters. The zero-order valence-corrected chi connectivity index (χ0v) is 12.8. The predicted octanol–water partition coefficient (Wildman–Crippen LogP) is 3.21. The third kappa shape index (κ3) is 2.96. The number of hydrogen-bond donors (Lipinski definition) is 1. The summed E-state index contributed by atoms with van der Waals surface area (Å²) in [5, 5.41) is 10.0. The van der Waals surface area contributed by atoms with Crippen LogP contribution in [-0.4, -0.2) is 29.9 Å². The van der Waals surface area contributed by atoms with Gasteiger partial charge in [0.15, 0.2) is 5.76 Å². The molecule has 4 nitrogen and oxygen atoms in total. The van der Waals surface area contributed by atoms with Crippen molar-refractivity contribution >= 4 is 11.9 Å². The highest BCUT2D eigenvalue weighted by atomic mass is 19.1. The summed E-state index contributed by atoms with van der Waals surface area (Å²) >= 11 is 0. The third-order valence-electron chi connectivity index (χ3n) is 3.54. The molecule has 0 aliphatic carbocycles. The van der Waals surface area contributed by atoms with Crippen LogP contribution in [0, 0.1) is 5.82 Å². The number of ether oxygens (including phenoxy) is 1. The number of carbonyl (C=O) groups is 1. The van der Waals surface area contributed by atoms with Crippen LogP contribution in [0.25, 0.3) is 6.08 Å². The number of hydrogen-bond acceptors (Lipinski definition) is 4. The van der Waals surface area contributed by atoms with Gasteiger partial charge in [-0.25, -0.2) is 4.39 Å². The topological polar surface area (TPSA) is 49.8 Å². The number of allylic oxidation sites excluding steroid dienone is 1. The summed E-state index contributed by atoms with van der Waals surface area (Å²) in [6.07, 6.45) is 1.50. The van der Waals surface area contributed by atoms with Gasteiger partial charge in [-0.2, -0.15) is 0 Å². The smallest absolute Gasteiger partial charge is 0.231 e.